The molecule has 0 saturated heterocycles. The van der Waals surface area contributed by atoms with Gasteiger partial charge in [0, 0.05) is 10.2 Å². The van der Waals surface area contributed by atoms with Gasteiger partial charge >= 0.3 is 0 Å². The first-order chi connectivity index (χ1) is 6.63. The molecule has 14 heavy (non-hydrogen) atoms. The van der Waals surface area contributed by atoms with Crippen LogP contribution in [0.4, 0.5) is 0 Å². The van der Waals surface area contributed by atoms with Crippen LogP contribution in [0.15, 0.2) is 24.3 Å². The lowest BCUT2D eigenvalue weighted by molar-refractivity contribution is 0.189. The molecule has 0 heterocycles. The average molecular weight is 304 g/mol. The minimum absolute atomic E-state index is 0.281. The molecule has 0 spiro atoms. The molecule has 1 aromatic rings. The van der Waals surface area contributed by atoms with E-state index in [-0.39, 0.29) is 6.61 Å². The van der Waals surface area contributed by atoms with Crippen LogP contribution >= 0.6 is 22.6 Å². The Bertz CT molecular complexity index is 266. The number of aliphatic hydroxyl groups excluding tert-OH is 1. The van der Waals surface area contributed by atoms with Gasteiger partial charge in [-0.05, 0) is 58.5 Å². The largest absolute Gasteiger partial charge is 0.396 e. The normalized spacial score (nSPS) is 13.2. The molecule has 1 rings (SSSR count). The maximum atomic E-state index is 9.21. The molecule has 0 aliphatic carbocycles. The highest BCUT2D eigenvalue weighted by molar-refractivity contribution is 14.1. The zero-order chi connectivity index (χ0) is 10.6. The van der Waals surface area contributed by atoms with Crippen LogP contribution < -0.4 is 0 Å². The highest BCUT2D eigenvalue weighted by Gasteiger charge is 2.12. The van der Waals surface area contributed by atoms with E-state index < -0.39 is 0 Å². The van der Waals surface area contributed by atoms with Gasteiger partial charge in [0.1, 0.15) is 0 Å². The fraction of sp³-hybridized carbons (Fsp3) is 0.500. The van der Waals surface area contributed by atoms with Crippen LogP contribution in [0.25, 0.3) is 0 Å². The molecule has 0 aliphatic heterocycles. The van der Waals surface area contributed by atoms with E-state index in [9.17, 15) is 5.11 Å². The summed E-state index contributed by atoms with van der Waals surface area (Å²) in [5.41, 5.74) is 1.32. The number of rotatable bonds is 4. The minimum Gasteiger partial charge on any atom is -0.396 e. The maximum absolute atomic E-state index is 9.21. The van der Waals surface area contributed by atoms with Crippen molar-refractivity contribution in [2.24, 2.45) is 11.8 Å². The molecule has 0 fully saturated rings. The predicted octanol–water partition coefficient (Wildman–Crippen LogP) is 3.10. The van der Waals surface area contributed by atoms with Gasteiger partial charge in [-0.25, -0.2) is 0 Å². The Morgan fingerprint density at radius 2 is 1.79 bits per heavy atom. The van der Waals surface area contributed by atoms with Gasteiger partial charge < -0.3 is 5.11 Å². The molecule has 78 valence electrons. The van der Waals surface area contributed by atoms with Crippen LogP contribution in [-0.2, 0) is 6.42 Å². The Labute approximate surface area is 99.7 Å². The van der Waals surface area contributed by atoms with Crippen molar-refractivity contribution in [2.75, 3.05) is 6.61 Å². The summed E-state index contributed by atoms with van der Waals surface area (Å²) in [5, 5.41) is 9.21. The summed E-state index contributed by atoms with van der Waals surface area (Å²) in [6.07, 6.45) is 0.977. The second-order valence-electron chi connectivity index (χ2n) is 4.02. The minimum atomic E-state index is 0.281. The predicted molar refractivity (Wildman–Crippen MR) is 68.3 cm³/mol. The summed E-state index contributed by atoms with van der Waals surface area (Å²) < 4.78 is 1.26. The third kappa shape index (κ3) is 3.58. The third-order valence-corrected chi connectivity index (χ3v) is 3.31. The van der Waals surface area contributed by atoms with Gasteiger partial charge in [0.15, 0.2) is 0 Å². The summed E-state index contributed by atoms with van der Waals surface area (Å²) in [7, 11) is 0. The van der Waals surface area contributed by atoms with Crippen LogP contribution in [0.3, 0.4) is 0 Å². The summed E-state index contributed by atoms with van der Waals surface area (Å²) in [5.74, 6) is 0.925. The molecule has 0 saturated carbocycles. The van der Waals surface area contributed by atoms with Crippen molar-refractivity contribution in [3.63, 3.8) is 0 Å². The fourth-order valence-corrected chi connectivity index (χ4v) is 1.79. The number of benzene rings is 1. The summed E-state index contributed by atoms with van der Waals surface area (Å²) >= 11 is 2.30. The average Bonchev–Trinajstić information content (AvgIpc) is 2.16. The van der Waals surface area contributed by atoms with Gasteiger partial charge in [-0.3, -0.25) is 0 Å². The number of hydrogen-bond donors (Lipinski definition) is 1. The Hall–Kier alpha value is -0.0900. The standard InChI is InChI=1S/C12H17IO/c1-9(2)11(8-14)7-10-3-5-12(13)6-4-10/h3-6,9,11,14H,7-8H2,1-2H3. The molecular formula is C12H17IO. The monoisotopic (exact) mass is 304 g/mol. The lowest BCUT2D eigenvalue weighted by atomic mass is 9.90. The summed E-state index contributed by atoms with van der Waals surface area (Å²) in [4.78, 5) is 0. The molecule has 0 aliphatic rings. The number of aliphatic hydroxyl groups is 1. The molecule has 0 bridgehead atoms. The first kappa shape index (κ1) is 12.0. The molecule has 1 unspecified atom stereocenters. The molecule has 0 aromatic heterocycles. The number of hydrogen-bond acceptors (Lipinski definition) is 1. The summed E-state index contributed by atoms with van der Waals surface area (Å²) in [6, 6.07) is 8.52. The summed E-state index contributed by atoms with van der Waals surface area (Å²) in [6.45, 7) is 4.60. The van der Waals surface area contributed by atoms with Gasteiger partial charge in [-0.1, -0.05) is 26.0 Å². The molecule has 1 N–H and O–H groups in total. The van der Waals surface area contributed by atoms with Crippen LogP contribution in [0, 0.1) is 15.4 Å². The van der Waals surface area contributed by atoms with Crippen molar-refractivity contribution >= 4 is 22.6 Å². The molecule has 2 heteroatoms. The van der Waals surface area contributed by atoms with Crippen molar-refractivity contribution in [1.29, 1.82) is 0 Å². The molecular weight excluding hydrogens is 287 g/mol. The van der Waals surface area contributed by atoms with Gasteiger partial charge in [0.2, 0.25) is 0 Å². The topological polar surface area (TPSA) is 20.2 Å². The smallest absolute Gasteiger partial charge is 0.0464 e. The van der Waals surface area contributed by atoms with E-state index in [0.717, 1.165) is 6.42 Å². The van der Waals surface area contributed by atoms with E-state index in [1.807, 2.05) is 0 Å². The van der Waals surface area contributed by atoms with Crippen molar-refractivity contribution in [3.05, 3.63) is 33.4 Å². The van der Waals surface area contributed by atoms with E-state index in [4.69, 9.17) is 0 Å². The highest BCUT2D eigenvalue weighted by Crippen LogP contribution is 2.17. The van der Waals surface area contributed by atoms with Crippen LogP contribution in [0.5, 0.6) is 0 Å². The second-order valence-corrected chi connectivity index (χ2v) is 5.26. The van der Waals surface area contributed by atoms with Crippen molar-refractivity contribution in [2.45, 2.75) is 20.3 Å². The lowest BCUT2D eigenvalue weighted by Crippen LogP contribution is -2.16. The lowest BCUT2D eigenvalue weighted by Gasteiger charge is -2.17. The Kier molecular flexibility index (Phi) is 4.89. The van der Waals surface area contributed by atoms with Gasteiger partial charge in [-0.15, -0.1) is 0 Å². The van der Waals surface area contributed by atoms with Crippen molar-refractivity contribution in [1.82, 2.24) is 0 Å². The SMILES string of the molecule is CC(C)C(CO)Cc1ccc(I)cc1. The van der Waals surface area contributed by atoms with E-state index in [2.05, 4.69) is 60.7 Å². The zero-order valence-electron chi connectivity index (χ0n) is 8.70. The quantitative estimate of drug-likeness (QED) is 0.848. The van der Waals surface area contributed by atoms with E-state index in [0.29, 0.717) is 11.8 Å². The van der Waals surface area contributed by atoms with Crippen LogP contribution in [-0.4, -0.2) is 11.7 Å². The van der Waals surface area contributed by atoms with E-state index in [1.165, 1.54) is 9.13 Å². The van der Waals surface area contributed by atoms with E-state index in [1.54, 1.807) is 0 Å². The Morgan fingerprint density at radius 3 is 2.21 bits per heavy atom. The molecule has 1 nitrogen and oxygen atoms in total. The number of halogens is 1. The fourth-order valence-electron chi connectivity index (χ4n) is 1.43. The van der Waals surface area contributed by atoms with Crippen molar-refractivity contribution < 1.29 is 5.11 Å². The zero-order valence-corrected chi connectivity index (χ0v) is 10.9. The highest BCUT2D eigenvalue weighted by atomic mass is 127. The van der Waals surface area contributed by atoms with Crippen LogP contribution in [0.1, 0.15) is 19.4 Å². The second kappa shape index (κ2) is 5.71. The van der Waals surface area contributed by atoms with Gasteiger partial charge in [-0.2, -0.15) is 0 Å². The molecule has 1 atom stereocenters. The van der Waals surface area contributed by atoms with Crippen LogP contribution in [0.2, 0.25) is 0 Å². The molecule has 1 aromatic carbocycles. The molecule has 0 amide bonds. The third-order valence-electron chi connectivity index (χ3n) is 2.59. The maximum Gasteiger partial charge on any atom is 0.0464 e. The van der Waals surface area contributed by atoms with Crippen molar-refractivity contribution in [3.8, 4) is 0 Å². The first-order valence-electron chi connectivity index (χ1n) is 4.98. The van der Waals surface area contributed by atoms with Gasteiger partial charge in [0.05, 0.1) is 0 Å². The molecule has 0 radical (unpaired) electrons. The Balaban J connectivity index is 2.63. The van der Waals surface area contributed by atoms with Gasteiger partial charge in [0.25, 0.3) is 0 Å². The van der Waals surface area contributed by atoms with E-state index >= 15 is 0 Å². The first-order valence-corrected chi connectivity index (χ1v) is 6.06. The Morgan fingerprint density at radius 1 is 1.21 bits per heavy atom.